The zero-order valence-electron chi connectivity index (χ0n) is 8.70. The van der Waals surface area contributed by atoms with Crippen molar-refractivity contribution in [2.75, 3.05) is 6.61 Å². The van der Waals surface area contributed by atoms with E-state index in [0.29, 0.717) is 0 Å². The van der Waals surface area contributed by atoms with Crippen LogP contribution in [0.4, 0.5) is 18.0 Å². The van der Waals surface area contributed by atoms with Crippen LogP contribution in [0.3, 0.4) is 0 Å². The Morgan fingerprint density at radius 1 is 1.39 bits per heavy atom. The van der Waals surface area contributed by atoms with Gasteiger partial charge in [0.25, 0.3) is 0 Å². The van der Waals surface area contributed by atoms with Crippen molar-refractivity contribution in [3.05, 3.63) is 35.4 Å². The molecule has 0 heterocycles. The zero-order valence-corrected chi connectivity index (χ0v) is 8.70. The van der Waals surface area contributed by atoms with Gasteiger partial charge in [0.2, 0.25) is 0 Å². The van der Waals surface area contributed by atoms with Crippen LogP contribution < -0.4 is 11.5 Å². The minimum atomic E-state index is -4.43. The lowest BCUT2D eigenvalue weighted by Gasteiger charge is -2.14. The third-order valence-corrected chi connectivity index (χ3v) is 2.05. The van der Waals surface area contributed by atoms with Crippen molar-refractivity contribution >= 4 is 6.09 Å². The van der Waals surface area contributed by atoms with Crippen LogP contribution >= 0.6 is 0 Å². The molecule has 1 rings (SSSR count). The van der Waals surface area contributed by atoms with E-state index in [4.69, 9.17) is 11.5 Å². The van der Waals surface area contributed by atoms with Gasteiger partial charge in [0.15, 0.2) is 0 Å². The number of primary amides is 1. The van der Waals surface area contributed by atoms with Crippen LogP contribution in [0.1, 0.15) is 24.6 Å². The SMILES string of the molecule is C.NC(=O)OCC(N)c1cccc(C(F)(F)F)c1. The third-order valence-electron chi connectivity index (χ3n) is 2.05. The highest BCUT2D eigenvalue weighted by Crippen LogP contribution is 2.30. The lowest BCUT2D eigenvalue weighted by Crippen LogP contribution is -2.23. The molecule has 1 aromatic rings. The van der Waals surface area contributed by atoms with E-state index >= 15 is 0 Å². The fourth-order valence-corrected chi connectivity index (χ4v) is 1.21. The van der Waals surface area contributed by atoms with E-state index in [1.54, 1.807) is 0 Å². The summed E-state index contributed by atoms with van der Waals surface area (Å²) in [5.41, 5.74) is 9.70. The van der Waals surface area contributed by atoms with Crippen LogP contribution in [-0.2, 0) is 10.9 Å². The lowest BCUT2D eigenvalue weighted by atomic mass is 10.1. The number of alkyl halides is 3. The molecular weight excluding hydrogens is 249 g/mol. The van der Waals surface area contributed by atoms with Gasteiger partial charge in [-0.05, 0) is 17.7 Å². The van der Waals surface area contributed by atoms with Gasteiger partial charge < -0.3 is 16.2 Å². The average Bonchev–Trinajstić information content (AvgIpc) is 2.25. The quantitative estimate of drug-likeness (QED) is 0.880. The summed E-state index contributed by atoms with van der Waals surface area (Å²) in [4.78, 5) is 10.3. The highest BCUT2D eigenvalue weighted by Gasteiger charge is 2.30. The summed E-state index contributed by atoms with van der Waals surface area (Å²) < 4.78 is 41.6. The maximum Gasteiger partial charge on any atom is 0.416 e. The molecule has 7 heteroatoms. The normalized spacial score (nSPS) is 12.4. The fourth-order valence-electron chi connectivity index (χ4n) is 1.21. The molecule has 1 atom stereocenters. The summed E-state index contributed by atoms with van der Waals surface area (Å²) in [5.74, 6) is 0. The number of amides is 1. The molecule has 0 aliphatic carbocycles. The Balaban J connectivity index is 0.00000289. The van der Waals surface area contributed by atoms with E-state index < -0.39 is 23.9 Å². The molecule has 4 N–H and O–H groups in total. The number of ether oxygens (including phenoxy) is 1. The number of hydrogen-bond donors (Lipinski definition) is 2. The van der Waals surface area contributed by atoms with Gasteiger partial charge in [-0.25, -0.2) is 4.79 Å². The molecule has 0 aliphatic heterocycles. The molecule has 0 radical (unpaired) electrons. The molecule has 0 fully saturated rings. The van der Waals surface area contributed by atoms with E-state index in [-0.39, 0.29) is 19.6 Å². The standard InChI is InChI=1S/C10H11F3N2O2.CH4/c11-10(12,13)7-3-1-2-6(4-7)8(14)5-17-9(15)16;/h1-4,8H,5,14H2,(H2,15,16);1H4. The number of carbonyl (C=O) groups is 1. The van der Waals surface area contributed by atoms with Crippen LogP contribution in [0.25, 0.3) is 0 Å². The van der Waals surface area contributed by atoms with Crippen molar-refractivity contribution in [1.82, 2.24) is 0 Å². The number of hydrogen-bond acceptors (Lipinski definition) is 3. The zero-order chi connectivity index (χ0) is 13.1. The summed E-state index contributed by atoms with van der Waals surface area (Å²) in [6.45, 7) is -0.267. The van der Waals surface area contributed by atoms with E-state index in [2.05, 4.69) is 4.74 Å². The maximum atomic E-state index is 12.4. The van der Waals surface area contributed by atoms with Crippen LogP contribution in [0, 0.1) is 0 Å². The topological polar surface area (TPSA) is 78.3 Å². The average molecular weight is 264 g/mol. The summed E-state index contributed by atoms with van der Waals surface area (Å²) in [6, 6.07) is 3.66. The second-order valence-corrected chi connectivity index (χ2v) is 3.36. The highest BCUT2D eigenvalue weighted by atomic mass is 19.4. The molecule has 1 aromatic carbocycles. The van der Waals surface area contributed by atoms with Crippen molar-refractivity contribution in [3.63, 3.8) is 0 Å². The van der Waals surface area contributed by atoms with Crippen LogP contribution in [0.5, 0.6) is 0 Å². The minimum absolute atomic E-state index is 0. The van der Waals surface area contributed by atoms with Gasteiger partial charge in [-0.3, -0.25) is 0 Å². The minimum Gasteiger partial charge on any atom is -0.448 e. The molecule has 0 aliphatic rings. The molecule has 0 saturated carbocycles. The monoisotopic (exact) mass is 264 g/mol. The van der Waals surface area contributed by atoms with Crippen molar-refractivity contribution in [2.24, 2.45) is 11.5 Å². The summed E-state index contributed by atoms with van der Waals surface area (Å²) in [6.07, 6.45) is -5.45. The molecule has 0 spiro atoms. The molecule has 1 amide bonds. The molecule has 4 nitrogen and oxygen atoms in total. The second-order valence-electron chi connectivity index (χ2n) is 3.36. The third kappa shape index (κ3) is 4.62. The molecular formula is C11H15F3N2O2. The Morgan fingerprint density at radius 2 is 2.00 bits per heavy atom. The molecule has 0 bridgehead atoms. The fraction of sp³-hybridized carbons (Fsp3) is 0.364. The van der Waals surface area contributed by atoms with E-state index in [1.165, 1.54) is 12.1 Å². The Bertz CT molecular complexity index is 408. The Hall–Kier alpha value is -1.76. The van der Waals surface area contributed by atoms with Crippen molar-refractivity contribution < 1.29 is 22.7 Å². The van der Waals surface area contributed by atoms with Gasteiger partial charge in [0.1, 0.15) is 6.61 Å². The van der Waals surface area contributed by atoms with Crippen molar-refractivity contribution in [3.8, 4) is 0 Å². The van der Waals surface area contributed by atoms with E-state index in [9.17, 15) is 18.0 Å². The first-order chi connectivity index (χ1) is 7.80. The van der Waals surface area contributed by atoms with Crippen LogP contribution in [0.15, 0.2) is 24.3 Å². The van der Waals surface area contributed by atoms with Gasteiger partial charge in [0, 0.05) is 0 Å². The van der Waals surface area contributed by atoms with Crippen LogP contribution in [0.2, 0.25) is 0 Å². The predicted molar refractivity (Wildman–Crippen MR) is 60.6 cm³/mol. The summed E-state index contributed by atoms with van der Waals surface area (Å²) in [7, 11) is 0. The highest BCUT2D eigenvalue weighted by molar-refractivity contribution is 5.64. The Labute approximate surface area is 103 Å². The van der Waals surface area contributed by atoms with Crippen molar-refractivity contribution in [1.29, 1.82) is 0 Å². The van der Waals surface area contributed by atoms with E-state index in [0.717, 1.165) is 12.1 Å². The second kappa shape index (κ2) is 6.25. The first-order valence-corrected chi connectivity index (χ1v) is 4.65. The smallest absolute Gasteiger partial charge is 0.416 e. The molecule has 0 aromatic heterocycles. The van der Waals surface area contributed by atoms with Gasteiger partial charge in [-0.1, -0.05) is 19.6 Å². The number of nitrogens with two attached hydrogens (primary N) is 2. The predicted octanol–water partition coefficient (Wildman–Crippen LogP) is 2.44. The molecule has 102 valence electrons. The van der Waals surface area contributed by atoms with E-state index in [1.807, 2.05) is 0 Å². The Morgan fingerprint density at radius 3 is 2.50 bits per heavy atom. The first-order valence-electron chi connectivity index (χ1n) is 4.65. The van der Waals surface area contributed by atoms with Gasteiger partial charge in [0.05, 0.1) is 11.6 Å². The number of carbonyl (C=O) groups excluding carboxylic acids is 1. The van der Waals surface area contributed by atoms with Gasteiger partial charge in [-0.15, -0.1) is 0 Å². The van der Waals surface area contributed by atoms with Crippen molar-refractivity contribution in [2.45, 2.75) is 19.6 Å². The first kappa shape index (κ1) is 16.2. The van der Waals surface area contributed by atoms with Gasteiger partial charge >= 0.3 is 12.3 Å². The summed E-state index contributed by atoms with van der Waals surface area (Å²) >= 11 is 0. The molecule has 1 unspecified atom stereocenters. The lowest BCUT2D eigenvalue weighted by molar-refractivity contribution is -0.137. The number of benzene rings is 1. The number of halogens is 3. The Kier molecular flexibility index (Phi) is 5.64. The molecule has 0 saturated heterocycles. The van der Waals surface area contributed by atoms with Gasteiger partial charge in [-0.2, -0.15) is 13.2 Å². The number of rotatable bonds is 3. The van der Waals surface area contributed by atoms with Crippen LogP contribution in [-0.4, -0.2) is 12.7 Å². The summed E-state index contributed by atoms with van der Waals surface area (Å²) in [5, 5.41) is 0. The molecule has 18 heavy (non-hydrogen) atoms. The maximum absolute atomic E-state index is 12.4. The largest absolute Gasteiger partial charge is 0.448 e.